The Hall–Kier alpha value is -0.390. The molecule has 1 aromatic heterocycles. The molecule has 5 heteroatoms. The summed E-state index contributed by atoms with van der Waals surface area (Å²) in [4.78, 5) is 15.4. The van der Waals surface area contributed by atoms with Crippen molar-refractivity contribution < 1.29 is 4.79 Å². The van der Waals surface area contributed by atoms with Crippen LogP contribution in [0.2, 0.25) is 0 Å². The van der Waals surface area contributed by atoms with Gasteiger partial charge in [-0.15, -0.1) is 11.3 Å². The first kappa shape index (κ1) is 14.5. The second kappa shape index (κ2) is 6.58. The van der Waals surface area contributed by atoms with Crippen LogP contribution in [0.5, 0.6) is 0 Å². The molecule has 2 fully saturated rings. The van der Waals surface area contributed by atoms with Crippen molar-refractivity contribution >= 4 is 33.2 Å². The van der Waals surface area contributed by atoms with E-state index < -0.39 is 0 Å². The van der Waals surface area contributed by atoms with Crippen LogP contribution in [-0.4, -0.2) is 36.5 Å². The van der Waals surface area contributed by atoms with Crippen molar-refractivity contribution in [2.75, 3.05) is 19.6 Å². The molecule has 110 valence electrons. The second-order valence-corrected chi connectivity index (χ2v) is 8.44. The first-order valence-electron chi connectivity index (χ1n) is 7.46. The number of carbonyl (C=O) groups is 1. The van der Waals surface area contributed by atoms with Crippen LogP contribution in [-0.2, 0) is 11.2 Å². The fourth-order valence-electron chi connectivity index (χ4n) is 2.70. The van der Waals surface area contributed by atoms with Crippen molar-refractivity contribution in [3.8, 4) is 0 Å². The summed E-state index contributed by atoms with van der Waals surface area (Å²) in [5.41, 5.74) is 0. The zero-order valence-electron chi connectivity index (χ0n) is 11.6. The van der Waals surface area contributed by atoms with Gasteiger partial charge < -0.3 is 10.2 Å². The van der Waals surface area contributed by atoms with Gasteiger partial charge in [0.25, 0.3) is 0 Å². The third-order valence-corrected chi connectivity index (χ3v) is 5.82. The summed E-state index contributed by atoms with van der Waals surface area (Å²) in [5.74, 6) is 1.21. The van der Waals surface area contributed by atoms with E-state index in [1.165, 1.54) is 19.4 Å². The van der Waals surface area contributed by atoms with Crippen LogP contribution in [0.15, 0.2) is 15.9 Å². The highest BCUT2D eigenvalue weighted by atomic mass is 79.9. The molecule has 1 aliphatic heterocycles. The second-order valence-electron chi connectivity index (χ2n) is 5.89. The van der Waals surface area contributed by atoms with E-state index in [9.17, 15) is 4.79 Å². The molecule has 0 bridgehead atoms. The SMILES string of the molecule is O=C(Cc1ccc(Br)s1)N1CCC(NCC2CC2)CC1. The Balaban J connectivity index is 1.41. The predicted octanol–water partition coefficient (Wildman–Crippen LogP) is 3.04. The van der Waals surface area contributed by atoms with Gasteiger partial charge in [0.1, 0.15) is 0 Å². The summed E-state index contributed by atoms with van der Waals surface area (Å²) in [5, 5.41) is 3.65. The summed E-state index contributed by atoms with van der Waals surface area (Å²) in [6.45, 7) is 3.00. The van der Waals surface area contributed by atoms with E-state index in [2.05, 4.69) is 21.2 Å². The van der Waals surface area contributed by atoms with Crippen molar-refractivity contribution in [1.29, 1.82) is 0 Å². The lowest BCUT2D eigenvalue weighted by molar-refractivity contribution is -0.131. The lowest BCUT2D eigenvalue weighted by Gasteiger charge is -2.32. The molecule has 20 heavy (non-hydrogen) atoms. The normalized spacial score (nSPS) is 20.4. The molecule has 0 aromatic carbocycles. The number of carbonyl (C=O) groups excluding carboxylic acids is 1. The first-order chi connectivity index (χ1) is 9.70. The van der Waals surface area contributed by atoms with Gasteiger partial charge in [0.05, 0.1) is 10.2 Å². The smallest absolute Gasteiger partial charge is 0.227 e. The van der Waals surface area contributed by atoms with Crippen molar-refractivity contribution in [2.45, 2.75) is 38.1 Å². The molecule has 3 rings (SSSR count). The lowest BCUT2D eigenvalue weighted by atomic mass is 10.0. The summed E-state index contributed by atoms with van der Waals surface area (Å²) in [6.07, 6.45) is 5.57. The summed E-state index contributed by atoms with van der Waals surface area (Å²) in [7, 11) is 0. The van der Waals surface area contributed by atoms with Crippen molar-refractivity contribution in [2.24, 2.45) is 5.92 Å². The minimum Gasteiger partial charge on any atom is -0.342 e. The van der Waals surface area contributed by atoms with Crippen molar-refractivity contribution in [3.05, 3.63) is 20.8 Å². The molecule has 1 amide bonds. The van der Waals surface area contributed by atoms with Crippen LogP contribution in [0.3, 0.4) is 0 Å². The van der Waals surface area contributed by atoms with Crippen molar-refractivity contribution in [3.63, 3.8) is 0 Å². The van der Waals surface area contributed by atoms with Gasteiger partial charge in [0, 0.05) is 24.0 Å². The Morgan fingerprint density at radius 3 is 2.65 bits per heavy atom. The van der Waals surface area contributed by atoms with Gasteiger partial charge in [0.2, 0.25) is 5.91 Å². The largest absolute Gasteiger partial charge is 0.342 e. The Morgan fingerprint density at radius 2 is 2.05 bits per heavy atom. The number of halogens is 1. The number of nitrogens with zero attached hydrogens (tertiary/aromatic N) is 1. The minimum atomic E-state index is 0.278. The summed E-state index contributed by atoms with van der Waals surface area (Å²) < 4.78 is 1.10. The van der Waals surface area contributed by atoms with Gasteiger partial charge in [0.15, 0.2) is 0 Å². The highest BCUT2D eigenvalue weighted by Gasteiger charge is 2.26. The quantitative estimate of drug-likeness (QED) is 0.879. The molecule has 3 nitrogen and oxygen atoms in total. The average molecular weight is 357 g/mol. The average Bonchev–Trinajstić information content (AvgIpc) is 3.20. The topological polar surface area (TPSA) is 32.3 Å². The number of piperidine rings is 1. The molecule has 0 atom stereocenters. The standard InChI is InChI=1S/C15H21BrN2OS/c16-14-4-3-13(20-14)9-15(19)18-7-5-12(6-8-18)17-10-11-1-2-11/h3-4,11-12,17H,1-2,5-10H2. The summed E-state index contributed by atoms with van der Waals surface area (Å²) >= 11 is 5.10. The van der Waals surface area contributed by atoms with Gasteiger partial charge in [-0.05, 0) is 66.2 Å². The Labute approximate surface area is 132 Å². The maximum absolute atomic E-state index is 12.3. The number of thiophene rings is 1. The molecule has 1 saturated carbocycles. The molecule has 1 aromatic rings. The van der Waals surface area contributed by atoms with E-state index in [4.69, 9.17) is 0 Å². The zero-order valence-corrected chi connectivity index (χ0v) is 14.0. The van der Waals surface area contributed by atoms with Gasteiger partial charge >= 0.3 is 0 Å². The number of likely N-dealkylation sites (tertiary alicyclic amines) is 1. The van der Waals surface area contributed by atoms with Crippen LogP contribution in [0, 0.1) is 5.92 Å². The molecule has 1 saturated heterocycles. The van der Waals surface area contributed by atoms with E-state index in [1.54, 1.807) is 11.3 Å². The number of hydrogen-bond acceptors (Lipinski definition) is 3. The fraction of sp³-hybridized carbons (Fsp3) is 0.667. The zero-order chi connectivity index (χ0) is 13.9. The molecule has 1 aliphatic carbocycles. The number of hydrogen-bond donors (Lipinski definition) is 1. The maximum Gasteiger partial charge on any atom is 0.227 e. The molecular formula is C15H21BrN2OS. The number of amides is 1. The van der Waals surface area contributed by atoms with E-state index >= 15 is 0 Å². The maximum atomic E-state index is 12.3. The molecule has 0 unspecified atom stereocenters. The molecule has 0 radical (unpaired) electrons. The van der Waals surface area contributed by atoms with Crippen LogP contribution in [0.4, 0.5) is 0 Å². The molecule has 2 heterocycles. The van der Waals surface area contributed by atoms with E-state index in [-0.39, 0.29) is 5.91 Å². The van der Waals surface area contributed by atoms with E-state index in [0.717, 1.165) is 40.5 Å². The molecular weight excluding hydrogens is 336 g/mol. The van der Waals surface area contributed by atoms with Crippen LogP contribution < -0.4 is 5.32 Å². The van der Waals surface area contributed by atoms with Crippen LogP contribution >= 0.6 is 27.3 Å². The Bertz CT molecular complexity index is 464. The van der Waals surface area contributed by atoms with Crippen molar-refractivity contribution in [1.82, 2.24) is 10.2 Å². The summed E-state index contributed by atoms with van der Waals surface area (Å²) in [6, 6.07) is 4.67. The predicted molar refractivity (Wildman–Crippen MR) is 86.1 cm³/mol. The van der Waals surface area contributed by atoms with Gasteiger partial charge in [-0.25, -0.2) is 0 Å². The Kier molecular flexibility index (Phi) is 4.79. The van der Waals surface area contributed by atoms with Crippen LogP contribution in [0.1, 0.15) is 30.6 Å². The van der Waals surface area contributed by atoms with E-state index in [0.29, 0.717) is 12.5 Å². The third kappa shape index (κ3) is 4.06. The monoisotopic (exact) mass is 356 g/mol. The minimum absolute atomic E-state index is 0.278. The van der Waals surface area contributed by atoms with Gasteiger partial charge in [-0.2, -0.15) is 0 Å². The molecule has 1 N–H and O–H groups in total. The third-order valence-electron chi connectivity index (χ3n) is 4.19. The van der Waals surface area contributed by atoms with Gasteiger partial charge in [-0.3, -0.25) is 4.79 Å². The molecule has 0 spiro atoms. The Morgan fingerprint density at radius 1 is 1.30 bits per heavy atom. The van der Waals surface area contributed by atoms with E-state index in [1.807, 2.05) is 17.0 Å². The highest BCUT2D eigenvalue weighted by molar-refractivity contribution is 9.11. The van der Waals surface area contributed by atoms with Crippen LogP contribution in [0.25, 0.3) is 0 Å². The fourth-order valence-corrected chi connectivity index (χ4v) is 4.17. The number of rotatable bonds is 5. The lowest BCUT2D eigenvalue weighted by Crippen LogP contribution is -2.45. The van der Waals surface area contributed by atoms with Gasteiger partial charge in [-0.1, -0.05) is 0 Å². The first-order valence-corrected chi connectivity index (χ1v) is 9.07. The highest BCUT2D eigenvalue weighted by Crippen LogP contribution is 2.28. The number of nitrogens with one attached hydrogen (secondary N) is 1. The molecule has 2 aliphatic rings.